The number of fused-ring (bicyclic) bond motifs is 1. The molecule has 2 heterocycles. The molecule has 2 aromatic heterocycles. The molecule has 25 heavy (non-hydrogen) atoms. The van der Waals surface area contributed by atoms with Crippen LogP contribution in [0.2, 0.25) is 0 Å². The number of aliphatic hydroxyl groups is 1. The minimum atomic E-state index is -0.290. The highest BCUT2D eigenvalue weighted by Gasteiger charge is 2.10. The van der Waals surface area contributed by atoms with Crippen LogP contribution in [-0.2, 0) is 6.61 Å². The first-order valence-electron chi connectivity index (χ1n) is 7.81. The number of hydrogen-bond donors (Lipinski definition) is 2. The van der Waals surface area contributed by atoms with Crippen molar-refractivity contribution in [3.63, 3.8) is 0 Å². The van der Waals surface area contributed by atoms with Crippen molar-refractivity contribution < 1.29 is 9.50 Å². The molecule has 0 radical (unpaired) electrons. The number of hydrogen-bond acceptors (Lipinski definition) is 4. The summed E-state index contributed by atoms with van der Waals surface area (Å²) in [5.74, 6) is 0.155. The molecule has 2 N–H and O–H groups in total. The maximum atomic E-state index is 13.5. The third-order valence-electron chi connectivity index (χ3n) is 3.89. The Morgan fingerprint density at radius 3 is 2.64 bits per heavy atom. The number of rotatable bonds is 4. The molecule has 124 valence electrons. The number of benzene rings is 2. The largest absolute Gasteiger partial charge is 0.392 e. The number of anilines is 2. The van der Waals surface area contributed by atoms with Crippen LogP contribution in [0.25, 0.3) is 16.8 Å². The van der Waals surface area contributed by atoms with Crippen LogP contribution >= 0.6 is 0 Å². The fraction of sp³-hybridized carbons (Fsp3) is 0.0526. The third kappa shape index (κ3) is 3.07. The summed E-state index contributed by atoms with van der Waals surface area (Å²) in [5, 5.41) is 16.6. The predicted molar refractivity (Wildman–Crippen MR) is 94.0 cm³/mol. The number of nitrogens with zero attached hydrogens (tertiary/aromatic N) is 3. The molecule has 0 bridgehead atoms. The average Bonchev–Trinajstić information content (AvgIpc) is 3.04. The molecule has 0 aliphatic carbocycles. The van der Waals surface area contributed by atoms with Crippen molar-refractivity contribution in [2.75, 3.05) is 5.32 Å². The molecule has 0 spiro atoms. The summed E-state index contributed by atoms with van der Waals surface area (Å²) in [5.41, 5.74) is 3.85. The summed E-state index contributed by atoms with van der Waals surface area (Å²) in [6.07, 6.45) is 1.80. The lowest BCUT2D eigenvalue weighted by molar-refractivity contribution is 0.282. The number of halogens is 1. The molecule has 0 fully saturated rings. The molecule has 0 aliphatic heterocycles. The van der Waals surface area contributed by atoms with Gasteiger partial charge in [0.25, 0.3) is 0 Å². The van der Waals surface area contributed by atoms with Gasteiger partial charge in [-0.1, -0.05) is 24.3 Å². The lowest BCUT2D eigenvalue weighted by Crippen LogP contribution is -1.93. The molecule has 4 aromatic rings. The molecule has 4 rings (SSSR count). The third-order valence-corrected chi connectivity index (χ3v) is 3.89. The Kier molecular flexibility index (Phi) is 3.87. The van der Waals surface area contributed by atoms with Gasteiger partial charge >= 0.3 is 0 Å². The summed E-state index contributed by atoms with van der Waals surface area (Å²) < 4.78 is 15.2. The Hall–Kier alpha value is -3.25. The fourth-order valence-corrected chi connectivity index (χ4v) is 2.66. The van der Waals surface area contributed by atoms with Crippen LogP contribution in [-0.4, -0.2) is 19.7 Å². The number of pyridine rings is 1. The minimum absolute atomic E-state index is 0.00386. The normalized spacial score (nSPS) is 11.0. The Morgan fingerprint density at radius 2 is 1.88 bits per heavy atom. The van der Waals surface area contributed by atoms with Crippen molar-refractivity contribution in [3.8, 4) is 11.1 Å². The van der Waals surface area contributed by atoms with Crippen molar-refractivity contribution in [3.05, 3.63) is 78.2 Å². The van der Waals surface area contributed by atoms with E-state index >= 15 is 0 Å². The topological polar surface area (TPSA) is 62.5 Å². The van der Waals surface area contributed by atoms with Gasteiger partial charge < -0.3 is 10.4 Å². The van der Waals surface area contributed by atoms with E-state index in [1.165, 1.54) is 12.1 Å². The lowest BCUT2D eigenvalue weighted by atomic mass is 10.1. The van der Waals surface area contributed by atoms with Crippen LogP contribution in [0.3, 0.4) is 0 Å². The van der Waals surface area contributed by atoms with E-state index in [9.17, 15) is 4.39 Å². The molecule has 2 aromatic carbocycles. The van der Waals surface area contributed by atoms with E-state index < -0.39 is 0 Å². The van der Waals surface area contributed by atoms with Crippen molar-refractivity contribution >= 4 is 17.3 Å². The van der Waals surface area contributed by atoms with E-state index in [2.05, 4.69) is 15.4 Å². The zero-order chi connectivity index (χ0) is 17.2. The van der Waals surface area contributed by atoms with Gasteiger partial charge in [0.1, 0.15) is 5.82 Å². The first-order valence-corrected chi connectivity index (χ1v) is 7.81. The number of aliphatic hydroxyl groups excluding tert-OH is 1. The van der Waals surface area contributed by atoms with Gasteiger partial charge in [0.2, 0.25) is 5.95 Å². The SMILES string of the molecule is OCc1ccc(Nc2nc3c(-c4cccc(F)c4)cccn3n2)cc1. The Bertz CT molecular complexity index is 1030. The molecule has 0 aliphatic rings. The maximum absolute atomic E-state index is 13.5. The highest BCUT2D eigenvalue weighted by atomic mass is 19.1. The smallest absolute Gasteiger partial charge is 0.247 e. The van der Waals surface area contributed by atoms with Gasteiger partial charge in [-0.15, -0.1) is 5.10 Å². The van der Waals surface area contributed by atoms with E-state index in [0.29, 0.717) is 11.6 Å². The van der Waals surface area contributed by atoms with Crippen molar-refractivity contribution in [1.29, 1.82) is 0 Å². The standard InChI is InChI=1S/C19H15FN4O/c20-15-4-1-3-14(11-15)17-5-2-10-24-18(17)22-19(23-24)21-16-8-6-13(12-25)7-9-16/h1-11,25H,12H2,(H,21,23). The fourth-order valence-electron chi connectivity index (χ4n) is 2.66. The van der Waals surface area contributed by atoms with Crippen LogP contribution in [0.5, 0.6) is 0 Å². The Labute approximate surface area is 143 Å². The van der Waals surface area contributed by atoms with Gasteiger partial charge in [-0.2, -0.15) is 4.98 Å². The predicted octanol–water partition coefficient (Wildman–Crippen LogP) is 3.77. The summed E-state index contributed by atoms with van der Waals surface area (Å²) in [6.45, 7) is 0.00386. The quantitative estimate of drug-likeness (QED) is 0.596. The van der Waals surface area contributed by atoms with Crippen molar-refractivity contribution in [2.24, 2.45) is 0 Å². The molecular formula is C19H15FN4O. The second-order valence-corrected chi connectivity index (χ2v) is 5.62. The first-order chi connectivity index (χ1) is 12.2. The van der Waals surface area contributed by atoms with Crippen LogP contribution in [0.4, 0.5) is 16.0 Å². The van der Waals surface area contributed by atoms with E-state index in [-0.39, 0.29) is 12.4 Å². The molecule has 0 amide bonds. The highest BCUT2D eigenvalue weighted by molar-refractivity contribution is 5.78. The second kappa shape index (κ2) is 6.33. The van der Waals surface area contributed by atoms with Crippen LogP contribution in [0.15, 0.2) is 66.9 Å². The molecule has 0 saturated carbocycles. The zero-order valence-corrected chi connectivity index (χ0v) is 13.2. The molecular weight excluding hydrogens is 319 g/mol. The van der Waals surface area contributed by atoms with E-state index in [4.69, 9.17) is 5.11 Å². The summed E-state index contributed by atoms with van der Waals surface area (Å²) in [6, 6.07) is 17.5. The van der Waals surface area contributed by atoms with Gasteiger partial charge in [0.15, 0.2) is 5.65 Å². The summed E-state index contributed by atoms with van der Waals surface area (Å²) in [7, 11) is 0. The van der Waals surface area contributed by atoms with Crippen molar-refractivity contribution in [1.82, 2.24) is 14.6 Å². The van der Waals surface area contributed by atoms with Crippen LogP contribution < -0.4 is 5.32 Å². The zero-order valence-electron chi connectivity index (χ0n) is 13.2. The van der Waals surface area contributed by atoms with E-state index in [1.54, 1.807) is 16.8 Å². The Morgan fingerprint density at radius 1 is 1.04 bits per heavy atom. The molecule has 5 nitrogen and oxygen atoms in total. The molecule has 6 heteroatoms. The minimum Gasteiger partial charge on any atom is -0.392 e. The van der Waals surface area contributed by atoms with Gasteiger partial charge in [0.05, 0.1) is 6.61 Å². The van der Waals surface area contributed by atoms with Gasteiger partial charge in [-0.05, 0) is 47.5 Å². The maximum Gasteiger partial charge on any atom is 0.247 e. The van der Waals surface area contributed by atoms with Gasteiger partial charge in [-0.25, -0.2) is 8.91 Å². The van der Waals surface area contributed by atoms with Gasteiger partial charge in [-0.3, -0.25) is 0 Å². The highest BCUT2D eigenvalue weighted by Crippen LogP contribution is 2.25. The van der Waals surface area contributed by atoms with Crippen LogP contribution in [0, 0.1) is 5.82 Å². The first kappa shape index (κ1) is 15.3. The molecule has 0 saturated heterocycles. The average molecular weight is 334 g/mol. The molecule has 0 unspecified atom stereocenters. The van der Waals surface area contributed by atoms with Gasteiger partial charge in [0, 0.05) is 17.4 Å². The monoisotopic (exact) mass is 334 g/mol. The van der Waals surface area contributed by atoms with Crippen LogP contribution in [0.1, 0.15) is 5.56 Å². The summed E-state index contributed by atoms with van der Waals surface area (Å²) in [4.78, 5) is 4.53. The van der Waals surface area contributed by atoms with Crippen molar-refractivity contribution in [2.45, 2.75) is 6.61 Å². The number of aromatic nitrogens is 3. The second-order valence-electron chi connectivity index (χ2n) is 5.62. The Balaban J connectivity index is 1.71. The molecule has 0 atom stereocenters. The lowest BCUT2D eigenvalue weighted by Gasteiger charge is -2.02. The summed E-state index contributed by atoms with van der Waals surface area (Å²) >= 11 is 0. The van der Waals surface area contributed by atoms with E-state index in [0.717, 1.165) is 22.4 Å². The van der Waals surface area contributed by atoms with E-state index in [1.807, 2.05) is 42.5 Å². The number of nitrogens with one attached hydrogen (secondary N) is 1.